The van der Waals surface area contributed by atoms with Crippen molar-refractivity contribution in [2.45, 2.75) is 0 Å². The van der Waals surface area contributed by atoms with E-state index in [1.54, 1.807) is 12.1 Å². The third-order valence-electron chi connectivity index (χ3n) is 1.17. The fraction of sp³-hybridized carbons (Fsp3) is 0. The molecule has 0 heterocycles. The molecule has 0 saturated heterocycles. The molecule has 0 saturated carbocycles. The van der Waals surface area contributed by atoms with Gasteiger partial charge in [-0.15, -0.1) is 0 Å². The largest absolute Gasteiger partial charge is 0.341 e. The molecule has 0 aromatic heterocycles. The second-order valence-corrected chi connectivity index (χ2v) is 4.26. The van der Waals surface area contributed by atoms with Crippen LogP contribution in [0.3, 0.4) is 0 Å². The fourth-order valence-corrected chi connectivity index (χ4v) is 1.95. The molecule has 5 nitrogen and oxygen atoms in total. The van der Waals surface area contributed by atoms with Crippen LogP contribution in [0.25, 0.3) is 10.4 Å². The zero-order valence-corrected chi connectivity index (χ0v) is 8.00. The normalized spacial score (nSPS) is 9.42. The molecule has 0 aliphatic rings. The van der Waals surface area contributed by atoms with Gasteiger partial charge in [-0.3, -0.25) is 0 Å². The minimum atomic E-state index is -3.53. The van der Waals surface area contributed by atoms with E-state index >= 15 is 0 Å². The molecular weight excluding hydrogens is 273 g/mol. The highest BCUT2D eigenvalue weighted by molar-refractivity contribution is 14.2. The van der Waals surface area contributed by atoms with Gasteiger partial charge in [-0.2, -0.15) is 0 Å². The molecule has 1 aromatic rings. The zero-order valence-electron chi connectivity index (χ0n) is 5.85. The summed E-state index contributed by atoms with van der Waals surface area (Å²) >= 11 is -3.53. The first kappa shape index (κ1) is 8.95. The number of halogens is 1. The fourth-order valence-electron chi connectivity index (χ4n) is 0.711. The van der Waals surface area contributed by atoms with E-state index in [4.69, 9.17) is 5.53 Å². The molecule has 0 N–H and O–H groups in total. The van der Waals surface area contributed by atoms with E-state index in [2.05, 4.69) is 10.0 Å². The summed E-state index contributed by atoms with van der Waals surface area (Å²) < 4.78 is 21.4. The molecule has 0 aliphatic carbocycles. The topological polar surface area (TPSA) is 82.9 Å². The third-order valence-corrected chi connectivity index (χ3v) is 3.03. The molecule has 6 heteroatoms. The maximum absolute atomic E-state index is 10.6. The van der Waals surface area contributed by atoms with Crippen LogP contribution in [0, 0.1) is 3.57 Å². The van der Waals surface area contributed by atoms with Crippen molar-refractivity contribution in [3.63, 3.8) is 0 Å². The molecule has 1 rings (SSSR count). The van der Waals surface area contributed by atoms with Crippen LogP contribution in [-0.2, 0) is 6.14 Å². The smallest absolute Gasteiger partial charge is 0.230 e. The van der Waals surface area contributed by atoms with Crippen LogP contribution in [0.5, 0.6) is 0 Å². The highest BCUT2D eigenvalue weighted by Gasteiger charge is 2.02. The monoisotopic (exact) mass is 277 g/mol. The Labute approximate surface area is 75.2 Å². The Kier molecular flexibility index (Phi) is 3.01. The van der Waals surface area contributed by atoms with Crippen LogP contribution in [0.15, 0.2) is 29.4 Å². The van der Waals surface area contributed by atoms with E-state index in [0.717, 1.165) is 0 Å². The van der Waals surface area contributed by atoms with Gasteiger partial charge < -0.3 is 0 Å². The lowest BCUT2D eigenvalue weighted by Gasteiger charge is -1.91. The van der Waals surface area contributed by atoms with Crippen molar-refractivity contribution in [3.8, 4) is 0 Å². The van der Waals surface area contributed by atoms with Crippen molar-refractivity contribution >= 4 is 25.5 Å². The summed E-state index contributed by atoms with van der Waals surface area (Å²) in [5.41, 5.74) is 8.27. The Morgan fingerprint density at radius 2 is 2.00 bits per heavy atom. The summed E-state index contributed by atoms with van der Waals surface area (Å²) in [5, 5.41) is 3.25. The Balaban J connectivity index is 3.36. The van der Waals surface area contributed by atoms with Gasteiger partial charge in [-0.1, -0.05) is 23.3 Å². The van der Waals surface area contributed by atoms with Crippen molar-refractivity contribution in [1.82, 2.24) is 0 Å². The molecule has 62 valence electrons. The van der Waals surface area contributed by atoms with E-state index in [-0.39, 0.29) is 9.26 Å². The molecule has 12 heavy (non-hydrogen) atoms. The van der Waals surface area contributed by atoms with Crippen molar-refractivity contribution < 1.29 is 6.14 Å². The average Bonchev–Trinajstić information content (AvgIpc) is 2.05. The highest BCUT2D eigenvalue weighted by atomic mass is 127. The Bertz CT molecular complexity index is 399. The average molecular weight is 277 g/mol. The van der Waals surface area contributed by atoms with Crippen LogP contribution in [0.1, 0.15) is 0 Å². The summed E-state index contributed by atoms with van der Waals surface area (Å²) in [6, 6.07) is 6.10. The van der Waals surface area contributed by atoms with Crippen molar-refractivity contribution in [2.24, 2.45) is 5.11 Å². The highest BCUT2D eigenvalue weighted by Crippen LogP contribution is 2.27. The summed E-state index contributed by atoms with van der Waals surface area (Å²) in [6.45, 7) is 0. The first-order valence-electron chi connectivity index (χ1n) is 2.95. The first-order valence-corrected chi connectivity index (χ1v) is 5.79. The third kappa shape index (κ3) is 1.93. The minimum Gasteiger partial charge on any atom is -0.230 e. The molecule has 0 radical (unpaired) electrons. The molecule has 0 aliphatic heterocycles. The van der Waals surface area contributed by atoms with Crippen LogP contribution >= 0.6 is 19.8 Å². The molecule has 0 spiro atoms. The SMILES string of the molecule is [N-]=[N+]=Nc1ccccc1I(=O)=O. The van der Waals surface area contributed by atoms with Crippen LogP contribution in [-0.4, -0.2) is 0 Å². The molecule has 0 amide bonds. The molecule has 0 bridgehead atoms. The van der Waals surface area contributed by atoms with Crippen LogP contribution in [0.4, 0.5) is 5.69 Å². The molecule has 1 aromatic carbocycles. The Morgan fingerprint density at radius 3 is 2.58 bits per heavy atom. The quantitative estimate of drug-likeness (QED) is 0.360. The Morgan fingerprint density at radius 1 is 1.33 bits per heavy atom. The van der Waals surface area contributed by atoms with Crippen LogP contribution in [0.2, 0.25) is 0 Å². The number of hydrogen-bond donors (Lipinski definition) is 0. The second-order valence-electron chi connectivity index (χ2n) is 1.86. The molecule has 0 atom stereocenters. The second kappa shape index (κ2) is 4.03. The van der Waals surface area contributed by atoms with E-state index < -0.39 is 19.8 Å². The predicted molar refractivity (Wildman–Crippen MR) is 49.3 cm³/mol. The van der Waals surface area contributed by atoms with Gasteiger partial charge >= 0.3 is 19.8 Å². The zero-order chi connectivity index (χ0) is 8.97. The molecule has 0 unspecified atom stereocenters. The van der Waals surface area contributed by atoms with E-state index in [1.165, 1.54) is 12.1 Å². The van der Waals surface area contributed by atoms with Gasteiger partial charge in [0.1, 0.15) is 0 Å². The lowest BCUT2D eigenvalue weighted by molar-refractivity contribution is 0.610. The van der Waals surface area contributed by atoms with E-state index in [0.29, 0.717) is 0 Å². The first-order chi connectivity index (χ1) is 5.75. The van der Waals surface area contributed by atoms with E-state index in [1.807, 2.05) is 0 Å². The number of nitrogens with zero attached hydrogens (tertiary/aromatic N) is 3. The summed E-state index contributed by atoms with van der Waals surface area (Å²) in [7, 11) is 0. The van der Waals surface area contributed by atoms with Crippen molar-refractivity contribution in [1.29, 1.82) is 0 Å². The summed E-state index contributed by atoms with van der Waals surface area (Å²) in [4.78, 5) is 2.52. The minimum absolute atomic E-state index is 0.138. The standard InChI is InChI=1S/C6H4IN3O2/c8-10-9-6-4-2-1-3-5(6)7(11)12/h1-4H. The van der Waals surface area contributed by atoms with Gasteiger partial charge in [0.25, 0.3) is 0 Å². The summed E-state index contributed by atoms with van der Waals surface area (Å²) in [5.74, 6) is 0. The number of hydrogen-bond acceptors (Lipinski definition) is 3. The maximum atomic E-state index is 10.6. The Hall–Kier alpha value is -1.14. The van der Waals surface area contributed by atoms with Crippen LogP contribution < -0.4 is 0 Å². The van der Waals surface area contributed by atoms with Gasteiger partial charge in [0, 0.05) is 4.91 Å². The molecule has 0 fully saturated rings. The maximum Gasteiger partial charge on any atom is 0.341 e. The lowest BCUT2D eigenvalue weighted by atomic mass is 10.3. The van der Waals surface area contributed by atoms with Gasteiger partial charge in [-0.05, 0) is 11.6 Å². The number of benzene rings is 1. The van der Waals surface area contributed by atoms with Gasteiger partial charge in [-0.25, -0.2) is 6.14 Å². The van der Waals surface area contributed by atoms with Gasteiger partial charge in [0.05, 0.1) is 9.26 Å². The van der Waals surface area contributed by atoms with E-state index in [9.17, 15) is 6.14 Å². The van der Waals surface area contributed by atoms with Crippen molar-refractivity contribution in [3.05, 3.63) is 38.3 Å². The van der Waals surface area contributed by atoms with Gasteiger partial charge in [0.2, 0.25) is 0 Å². The molecular formula is C6H4IN3O2. The van der Waals surface area contributed by atoms with Gasteiger partial charge in [0.15, 0.2) is 0 Å². The van der Waals surface area contributed by atoms with Crippen molar-refractivity contribution in [2.75, 3.05) is 0 Å². The number of azide groups is 1. The lowest BCUT2D eigenvalue weighted by Crippen LogP contribution is -1.71. The predicted octanol–water partition coefficient (Wildman–Crippen LogP) is 3.00. The summed E-state index contributed by atoms with van der Waals surface area (Å²) in [6.07, 6.45) is 0. The number of rotatable bonds is 2.